The van der Waals surface area contributed by atoms with Crippen LogP contribution >= 0.6 is 44.1 Å². The minimum Gasteiger partial charge on any atom is -0.341 e. The van der Waals surface area contributed by atoms with Crippen LogP contribution in [0.5, 0.6) is 0 Å². The summed E-state index contributed by atoms with van der Waals surface area (Å²) in [6.45, 7) is 0. The zero-order valence-corrected chi connectivity index (χ0v) is 18.7. The molecule has 1 N–H and O–H groups in total. The van der Waals surface area contributed by atoms with E-state index >= 15 is 0 Å². The van der Waals surface area contributed by atoms with Gasteiger partial charge in [0.15, 0.2) is 10.7 Å². The Labute approximate surface area is 181 Å². The minimum absolute atomic E-state index is 0.0315. The number of carbonyl (C=O) groups excluding carboxylic acids is 1. The van der Waals surface area contributed by atoms with E-state index in [1.165, 1.54) is 6.42 Å². The molecule has 1 saturated heterocycles. The number of benzene rings is 2. The Morgan fingerprint density at radius 2 is 1.37 bits per heavy atom. The molecule has 2 aromatic carbocycles. The average Bonchev–Trinajstić information content (AvgIpc) is 2.95. The summed E-state index contributed by atoms with van der Waals surface area (Å²) >= 11 is 12.7. The van der Waals surface area contributed by atoms with E-state index < -0.39 is 5.54 Å². The van der Waals surface area contributed by atoms with Gasteiger partial charge in [0.1, 0.15) is 0 Å². The number of hydrogen-bond donors (Lipinski definition) is 1. The molecule has 27 heavy (non-hydrogen) atoms. The van der Waals surface area contributed by atoms with E-state index in [1.807, 2.05) is 53.4 Å². The van der Waals surface area contributed by atoms with Gasteiger partial charge in [-0.3, -0.25) is 9.69 Å². The first-order chi connectivity index (χ1) is 13.0. The Hall–Kier alpha value is -1.24. The van der Waals surface area contributed by atoms with E-state index in [-0.39, 0.29) is 11.9 Å². The Balaban J connectivity index is 1.83. The monoisotopic (exact) mass is 506 g/mol. The molecule has 0 spiro atoms. The zero-order valence-electron chi connectivity index (χ0n) is 14.8. The smallest absolute Gasteiger partial charge is 0.264 e. The fraction of sp³-hybridized carbons (Fsp3) is 0.333. The number of thiocarbonyl (C=S) groups is 1. The van der Waals surface area contributed by atoms with E-state index in [1.54, 1.807) is 0 Å². The van der Waals surface area contributed by atoms with Crippen molar-refractivity contribution < 1.29 is 4.79 Å². The van der Waals surface area contributed by atoms with Crippen LogP contribution < -0.4 is 5.32 Å². The standard InChI is InChI=1S/C21H20Br2N2OS/c22-16-10-6-14(7-11-16)21(15-8-12-17(23)13-9-15)19(26)25(20(27)24-21)18-4-2-1-3-5-18/h6-13,18H,1-5H2,(H,24,27). The first-order valence-electron chi connectivity index (χ1n) is 9.20. The van der Waals surface area contributed by atoms with E-state index in [4.69, 9.17) is 12.2 Å². The molecule has 0 radical (unpaired) electrons. The quantitative estimate of drug-likeness (QED) is 0.556. The summed E-state index contributed by atoms with van der Waals surface area (Å²) in [6.07, 6.45) is 5.58. The summed E-state index contributed by atoms with van der Waals surface area (Å²) < 4.78 is 1.96. The van der Waals surface area contributed by atoms with Gasteiger partial charge >= 0.3 is 0 Å². The number of amides is 1. The van der Waals surface area contributed by atoms with Crippen molar-refractivity contribution in [3.8, 4) is 0 Å². The molecule has 2 aromatic rings. The molecule has 140 valence electrons. The second-order valence-electron chi connectivity index (χ2n) is 7.16. The summed E-state index contributed by atoms with van der Waals surface area (Å²) in [5.41, 5.74) is 0.827. The lowest BCUT2D eigenvalue weighted by Gasteiger charge is -2.32. The van der Waals surface area contributed by atoms with Gasteiger partial charge < -0.3 is 5.32 Å². The highest BCUT2D eigenvalue weighted by molar-refractivity contribution is 9.10. The molecule has 3 nitrogen and oxygen atoms in total. The third-order valence-corrected chi connectivity index (χ3v) is 6.90. The van der Waals surface area contributed by atoms with Crippen molar-refractivity contribution in [2.45, 2.75) is 43.7 Å². The highest BCUT2D eigenvalue weighted by atomic mass is 79.9. The van der Waals surface area contributed by atoms with Gasteiger partial charge in [-0.15, -0.1) is 0 Å². The summed E-state index contributed by atoms with van der Waals surface area (Å²) in [5.74, 6) is 0.0315. The van der Waals surface area contributed by atoms with Crippen LogP contribution in [0.2, 0.25) is 0 Å². The lowest BCUT2D eigenvalue weighted by Crippen LogP contribution is -2.46. The van der Waals surface area contributed by atoms with Gasteiger partial charge in [-0.2, -0.15) is 0 Å². The number of carbonyl (C=O) groups is 1. The second-order valence-corrected chi connectivity index (χ2v) is 9.38. The molecule has 0 aromatic heterocycles. The summed E-state index contributed by atoms with van der Waals surface area (Å²) in [4.78, 5) is 15.7. The molecule has 0 bridgehead atoms. The molecule has 2 aliphatic rings. The molecule has 2 fully saturated rings. The van der Waals surface area contributed by atoms with Gasteiger partial charge in [-0.25, -0.2) is 0 Å². The van der Waals surface area contributed by atoms with Crippen LogP contribution in [0.1, 0.15) is 43.2 Å². The highest BCUT2D eigenvalue weighted by Gasteiger charge is 2.53. The third kappa shape index (κ3) is 3.36. The van der Waals surface area contributed by atoms with Crippen molar-refractivity contribution in [3.05, 3.63) is 68.6 Å². The summed E-state index contributed by atoms with van der Waals surface area (Å²) in [7, 11) is 0. The molecular formula is C21H20Br2N2OS. The van der Waals surface area contributed by atoms with Crippen LogP contribution in [0.3, 0.4) is 0 Å². The van der Waals surface area contributed by atoms with Crippen LogP contribution in [-0.2, 0) is 10.3 Å². The number of rotatable bonds is 3. The van der Waals surface area contributed by atoms with Crippen LogP contribution in [0.4, 0.5) is 0 Å². The molecule has 1 aliphatic heterocycles. The maximum Gasteiger partial charge on any atom is 0.264 e. The van der Waals surface area contributed by atoms with E-state index in [0.29, 0.717) is 5.11 Å². The number of halogens is 2. The lowest BCUT2D eigenvalue weighted by molar-refractivity contribution is -0.131. The average molecular weight is 508 g/mol. The Morgan fingerprint density at radius 1 is 0.889 bits per heavy atom. The van der Waals surface area contributed by atoms with Crippen molar-refractivity contribution in [1.29, 1.82) is 0 Å². The first kappa shape index (κ1) is 19.1. The maximum absolute atomic E-state index is 13.9. The molecule has 1 amide bonds. The normalized spacial score (nSPS) is 20.0. The fourth-order valence-corrected chi connectivity index (χ4v) is 5.09. The zero-order chi connectivity index (χ0) is 19.0. The molecule has 1 saturated carbocycles. The van der Waals surface area contributed by atoms with Crippen molar-refractivity contribution in [3.63, 3.8) is 0 Å². The fourth-order valence-electron chi connectivity index (χ4n) is 4.18. The SMILES string of the molecule is O=C1N(C2CCCCC2)C(=S)NC1(c1ccc(Br)cc1)c1ccc(Br)cc1. The molecular weight excluding hydrogens is 488 g/mol. The Bertz CT molecular complexity index is 815. The van der Waals surface area contributed by atoms with Crippen LogP contribution in [-0.4, -0.2) is 22.0 Å². The van der Waals surface area contributed by atoms with Gasteiger partial charge in [0.25, 0.3) is 5.91 Å². The third-order valence-electron chi connectivity index (χ3n) is 5.55. The molecule has 0 atom stereocenters. The van der Waals surface area contributed by atoms with E-state index in [0.717, 1.165) is 45.8 Å². The predicted molar refractivity (Wildman–Crippen MR) is 119 cm³/mol. The van der Waals surface area contributed by atoms with Gasteiger partial charge in [-0.05, 0) is 60.5 Å². The molecule has 1 heterocycles. The van der Waals surface area contributed by atoms with Crippen LogP contribution in [0.25, 0.3) is 0 Å². The van der Waals surface area contributed by atoms with Crippen molar-refractivity contribution >= 4 is 55.1 Å². The van der Waals surface area contributed by atoms with Crippen LogP contribution in [0.15, 0.2) is 57.5 Å². The van der Waals surface area contributed by atoms with Crippen LogP contribution in [0, 0.1) is 0 Å². The molecule has 0 unspecified atom stereocenters. The largest absolute Gasteiger partial charge is 0.341 e. The molecule has 4 rings (SSSR count). The highest BCUT2D eigenvalue weighted by Crippen LogP contribution is 2.39. The maximum atomic E-state index is 13.9. The van der Waals surface area contributed by atoms with E-state index in [2.05, 4.69) is 37.2 Å². The molecule has 1 aliphatic carbocycles. The number of hydrogen-bond acceptors (Lipinski definition) is 2. The van der Waals surface area contributed by atoms with Crippen molar-refractivity contribution in [2.24, 2.45) is 0 Å². The van der Waals surface area contributed by atoms with Gasteiger partial charge in [0.05, 0.1) is 0 Å². The van der Waals surface area contributed by atoms with Crippen molar-refractivity contribution in [1.82, 2.24) is 10.2 Å². The lowest BCUT2D eigenvalue weighted by atomic mass is 9.82. The number of nitrogens with zero attached hydrogens (tertiary/aromatic N) is 1. The Morgan fingerprint density at radius 3 is 1.85 bits per heavy atom. The summed E-state index contributed by atoms with van der Waals surface area (Å²) in [6, 6.07) is 16.0. The number of nitrogens with one attached hydrogen (secondary N) is 1. The second kappa shape index (κ2) is 7.64. The van der Waals surface area contributed by atoms with Gasteiger partial charge in [0, 0.05) is 15.0 Å². The van der Waals surface area contributed by atoms with Crippen molar-refractivity contribution in [2.75, 3.05) is 0 Å². The topological polar surface area (TPSA) is 32.3 Å². The summed E-state index contributed by atoms with van der Waals surface area (Å²) in [5, 5.41) is 3.95. The predicted octanol–water partition coefficient (Wildman–Crippen LogP) is 5.50. The minimum atomic E-state index is -0.976. The first-order valence-corrected chi connectivity index (χ1v) is 11.2. The molecule has 6 heteroatoms. The van der Waals surface area contributed by atoms with Gasteiger partial charge in [-0.1, -0.05) is 75.4 Å². The Kier molecular flexibility index (Phi) is 5.41. The van der Waals surface area contributed by atoms with E-state index in [9.17, 15) is 4.79 Å². The van der Waals surface area contributed by atoms with Gasteiger partial charge in [0.2, 0.25) is 0 Å².